The van der Waals surface area contributed by atoms with Crippen LogP contribution in [0.2, 0.25) is 0 Å². The van der Waals surface area contributed by atoms with E-state index >= 15 is 0 Å². The zero-order valence-electron chi connectivity index (χ0n) is 13.2. The second-order valence-electron chi connectivity index (χ2n) is 5.42. The summed E-state index contributed by atoms with van der Waals surface area (Å²) in [5.74, 6) is -0.456. The predicted octanol–water partition coefficient (Wildman–Crippen LogP) is 4.81. The lowest BCUT2D eigenvalue weighted by atomic mass is 10.1. The lowest BCUT2D eigenvalue weighted by molar-refractivity contribution is 0.0698. The summed E-state index contributed by atoms with van der Waals surface area (Å²) in [6.45, 7) is 1.76. The van der Waals surface area contributed by atoms with Crippen LogP contribution in [-0.2, 0) is 0 Å². The number of carboxylic acids is 1. The molecular weight excluding hydrogens is 433 g/mol. The van der Waals surface area contributed by atoms with E-state index in [9.17, 15) is 14.7 Å². The minimum Gasteiger partial charge on any atom is -0.478 e. The van der Waals surface area contributed by atoms with E-state index in [-0.39, 0.29) is 11.3 Å². The molecule has 0 bridgehead atoms. The van der Waals surface area contributed by atoms with Crippen LogP contribution in [-0.4, -0.2) is 17.0 Å². The number of carbonyl (C=O) groups is 2. The molecule has 3 aromatic rings. The van der Waals surface area contributed by atoms with Crippen molar-refractivity contribution in [1.82, 2.24) is 0 Å². The molecule has 0 aliphatic heterocycles. The molecule has 1 aromatic heterocycles. The summed E-state index contributed by atoms with van der Waals surface area (Å²) in [7, 11) is 0. The summed E-state index contributed by atoms with van der Waals surface area (Å²) >= 11 is 2.03. The van der Waals surface area contributed by atoms with E-state index < -0.39 is 11.9 Å². The zero-order valence-corrected chi connectivity index (χ0v) is 15.4. The summed E-state index contributed by atoms with van der Waals surface area (Å²) in [5.41, 5.74) is 1.43. The molecule has 0 saturated heterocycles. The summed E-state index contributed by atoms with van der Waals surface area (Å²) in [6, 6.07) is 15.8. The number of carbonyl (C=O) groups excluding carboxylic acids is 1. The number of benzene rings is 2. The van der Waals surface area contributed by atoms with Crippen molar-refractivity contribution in [3.8, 4) is 11.3 Å². The molecule has 5 nitrogen and oxygen atoms in total. The van der Waals surface area contributed by atoms with E-state index in [1.807, 2.05) is 52.9 Å². The van der Waals surface area contributed by atoms with Crippen molar-refractivity contribution in [1.29, 1.82) is 0 Å². The molecule has 3 rings (SSSR count). The van der Waals surface area contributed by atoms with Crippen LogP contribution in [0.5, 0.6) is 0 Å². The molecule has 126 valence electrons. The maximum atomic E-state index is 12.7. The number of amides is 1. The van der Waals surface area contributed by atoms with Gasteiger partial charge in [-0.05, 0) is 53.8 Å². The van der Waals surface area contributed by atoms with E-state index in [1.165, 1.54) is 6.07 Å². The molecular formula is C19H14INO4. The minimum absolute atomic E-state index is 0.0433. The van der Waals surface area contributed by atoms with Crippen molar-refractivity contribution in [3.05, 3.63) is 75.1 Å². The molecule has 1 heterocycles. The largest absolute Gasteiger partial charge is 0.478 e. The van der Waals surface area contributed by atoms with Crippen LogP contribution in [0, 0.1) is 10.5 Å². The molecule has 25 heavy (non-hydrogen) atoms. The first kappa shape index (κ1) is 17.2. The predicted molar refractivity (Wildman–Crippen MR) is 103 cm³/mol. The van der Waals surface area contributed by atoms with Gasteiger partial charge in [0.15, 0.2) is 0 Å². The Morgan fingerprint density at radius 1 is 1.04 bits per heavy atom. The van der Waals surface area contributed by atoms with E-state index in [0.29, 0.717) is 17.1 Å². The van der Waals surface area contributed by atoms with E-state index in [4.69, 9.17) is 4.42 Å². The number of carboxylic acid groups (broad SMARTS) is 1. The summed E-state index contributed by atoms with van der Waals surface area (Å²) < 4.78 is 6.45. The van der Waals surface area contributed by atoms with Gasteiger partial charge in [-0.15, -0.1) is 0 Å². The monoisotopic (exact) mass is 447 g/mol. The molecule has 6 heteroatoms. The van der Waals surface area contributed by atoms with Crippen LogP contribution < -0.4 is 5.32 Å². The van der Waals surface area contributed by atoms with Crippen molar-refractivity contribution < 1.29 is 19.1 Å². The molecule has 2 N–H and O–H groups in total. The number of rotatable bonds is 4. The maximum Gasteiger partial charge on any atom is 0.337 e. The quantitative estimate of drug-likeness (QED) is 0.563. The second-order valence-corrected chi connectivity index (χ2v) is 6.66. The molecule has 0 aliphatic carbocycles. The Labute approximate surface area is 157 Å². The van der Waals surface area contributed by atoms with Crippen LogP contribution in [0.3, 0.4) is 0 Å². The van der Waals surface area contributed by atoms with Crippen molar-refractivity contribution in [2.24, 2.45) is 0 Å². The van der Waals surface area contributed by atoms with Crippen molar-refractivity contribution >= 4 is 40.2 Å². The van der Waals surface area contributed by atoms with Crippen molar-refractivity contribution in [3.63, 3.8) is 0 Å². The topological polar surface area (TPSA) is 79.5 Å². The SMILES string of the molecule is Cc1cc(C(=O)Nc2ccc(I)cc2C(=O)O)c(-c2ccccc2)o1. The highest BCUT2D eigenvalue weighted by molar-refractivity contribution is 14.1. The Morgan fingerprint density at radius 3 is 2.44 bits per heavy atom. The van der Waals surface area contributed by atoms with Gasteiger partial charge in [0.25, 0.3) is 5.91 Å². The van der Waals surface area contributed by atoms with Crippen LogP contribution in [0.1, 0.15) is 26.5 Å². The van der Waals surface area contributed by atoms with Gasteiger partial charge >= 0.3 is 5.97 Å². The molecule has 0 fully saturated rings. The lowest BCUT2D eigenvalue weighted by Gasteiger charge is -2.09. The van der Waals surface area contributed by atoms with Gasteiger partial charge in [0, 0.05) is 9.13 Å². The lowest BCUT2D eigenvalue weighted by Crippen LogP contribution is -2.15. The van der Waals surface area contributed by atoms with Crippen LogP contribution in [0.25, 0.3) is 11.3 Å². The second kappa shape index (κ2) is 7.10. The Kier molecular flexibility index (Phi) is 4.89. The van der Waals surface area contributed by atoms with Gasteiger partial charge in [-0.2, -0.15) is 0 Å². The molecule has 2 aromatic carbocycles. The third-order valence-corrected chi connectivity index (χ3v) is 4.27. The number of hydrogen-bond acceptors (Lipinski definition) is 3. The molecule has 0 saturated carbocycles. The zero-order chi connectivity index (χ0) is 18.0. The Hall–Kier alpha value is -2.61. The molecule has 0 aliphatic rings. The minimum atomic E-state index is -1.10. The standard InChI is InChI=1S/C19H14INO4/c1-11-9-15(17(25-11)12-5-3-2-4-6-12)18(22)21-16-8-7-13(20)10-14(16)19(23)24/h2-10H,1H3,(H,21,22)(H,23,24). The third-order valence-electron chi connectivity index (χ3n) is 3.60. The average molecular weight is 447 g/mol. The van der Waals surface area contributed by atoms with Gasteiger partial charge in [-0.3, -0.25) is 4.79 Å². The Morgan fingerprint density at radius 2 is 1.76 bits per heavy atom. The van der Waals surface area contributed by atoms with E-state index in [0.717, 1.165) is 9.13 Å². The summed E-state index contributed by atoms with van der Waals surface area (Å²) in [5, 5.41) is 12.0. The van der Waals surface area contributed by atoms with Crippen molar-refractivity contribution in [2.75, 3.05) is 5.32 Å². The fraction of sp³-hybridized carbons (Fsp3) is 0.0526. The third kappa shape index (κ3) is 3.74. The number of aryl methyl sites for hydroxylation is 1. The van der Waals surface area contributed by atoms with Gasteiger partial charge in [0.1, 0.15) is 11.5 Å². The fourth-order valence-corrected chi connectivity index (χ4v) is 2.97. The van der Waals surface area contributed by atoms with Crippen molar-refractivity contribution in [2.45, 2.75) is 6.92 Å². The van der Waals surface area contributed by atoms with Gasteiger partial charge in [0.05, 0.1) is 16.8 Å². The number of halogens is 1. The molecule has 0 radical (unpaired) electrons. The van der Waals surface area contributed by atoms with E-state index in [1.54, 1.807) is 25.1 Å². The highest BCUT2D eigenvalue weighted by Crippen LogP contribution is 2.28. The number of furan rings is 1. The molecule has 0 atom stereocenters. The molecule has 0 unspecified atom stereocenters. The van der Waals surface area contributed by atoms with Gasteiger partial charge in [0.2, 0.25) is 0 Å². The highest BCUT2D eigenvalue weighted by atomic mass is 127. The van der Waals surface area contributed by atoms with Crippen LogP contribution in [0.15, 0.2) is 59.0 Å². The molecule has 0 spiro atoms. The fourth-order valence-electron chi connectivity index (χ4n) is 2.48. The number of hydrogen-bond donors (Lipinski definition) is 2. The van der Waals surface area contributed by atoms with E-state index in [2.05, 4.69) is 5.32 Å². The normalized spacial score (nSPS) is 10.5. The summed E-state index contributed by atoms with van der Waals surface area (Å²) in [6.07, 6.45) is 0. The smallest absolute Gasteiger partial charge is 0.337 e. The number of anilines is 1. The average Bonchev–Trinajstić information content (AvgIpc) is 2.99. The molecule has 1 amide bonds. The Bertz CT molecular complexity index is 947. The maximum absolute atomic E-state index is 12.7. The highest BCUT2D eigenvalue weighted by Gasteiger charge is 2.20. The first-order valence-corrected chi connectivity index (χ1v) is 8.53. The number of aromatic carboxylic acids is 1. The summed E-state index contributed by atoms with van der Waals surface area (Å²) in [4.78, 5) is 24.1. The first-order valence-electron chi connectivity index (χ1n) is 7.46. The van der Waals surface area contributed by atoms with Gasteiger partial charge in [-0.1, -0.05) is 30.3 Å². The Balaban J connectivity index is 1.97. The van der Waals surface area contributed by atoms with Crippen LogP contribution in [0.4, 0.5) is 5.69 Å². The first-order chi connectivity index (χ1) is 12.0. The number of nitrogens with one attached hydrogen (secondary N) is 1. The van der Waals surface area contributed by atoms with Gasteiger partial charge in [-0.25, -0.2) is 4.79 Å². The van der Waals surface area contributed by atoms with Crippen LogP contribution >= 0.6 is 22.6 Å². The van der Waals surface area contributed by atoms with Gasteiger partial charge < -0.3 is 14.8 Å².